The van der Waals surface area contributed by atoms with Crippen LogP contribution in [-0.2, 0) is 9.59 Å². The number of piperazine rings is 1. The van der Waals surface area contributed by atoms with Gasteiger partial charge in [0.25, 0.3) is 5.91 Å². The fourth-order valence-electron chi connectivity index (χ4n) is 5.15. The van der Waals surface area contributed by atoms with Crippen LogP contribution < -0.4 is 5.32 Å². The number of nitrogens with one attached hydrogen (secondary N) is 1. The van der Waals surface area contributed by atoms with Gasteiger partial charge in [0, 0.05) is 45.7 Å². The average molecular weight is 454 g/mol. The number of carbonyl (C=O) groups excluding carboxylic acids is 3. The molecule has 3 heterocycles. The minimum Gasteiger partial charge on any atom is -0.340 e. The molecule has 1 N–H and O–H groups in total. The lowest BCUT2D eigenvalue weighted by Crippen LogP contribution is -2.49. The van der Waals surface area contributed by atoms with Gasteiger partial charge in [-0.05, 0) is 38.4 Å². The Morgan fingerprint density at radius 2 is 1.79 bits per heavy atom. The van der Waals surface area contributed by atoms with Gasteiger partial charge in [0.1, 0.15) is 0 Å². The summed E-state index contributed by atoms with van der Waals surface area (Å²) in [4.78, 5) is 46.8. The van der Waals surface area contributed by atoms with Crippen molar-refractivity contribution in [3.8, 4) is 0 Å². The maximum absolute atomic E-state index is 13.5. The molecule has 1 fully saturated rings. The Morgan fingerprint density at radius 1 is 1.06 bits per heavy atom. The molecule has 8 heteroatoms. The van der Waals surface area contributed by atoms with Crippen LogP contribution in [0.25, 0.3) is 0 Å². The van der Waals surface area contributed by atoms with Crippen molar-refractivity contribution in [1.29, 1.82) is 0 Å². The van der Waals surface area contributed by atoms with Gasteiger partial charge in [0.15, 0.2) is 0 Å². The first kappa shape index (κ1) is 23.3. The summed E-state index contributed by atoms with van der Waals surface area (Å²) in [6.45, 7) is 13.6. The van der Waals surface area contributed by atoms with Gasteiger partial charge in [-0.2, -0.15) is 0 Å². The Labute approximate surface area is 196 Å². The number of hydrogen-bond acceptors (Lipinski definition) is 4. The number of amides is 4. The summed E-state index contributed by atoms with van der Waals surface area (Å²) in [5.74, 6) is 0.00734. The topological polar surface area (TPSA) is 76.2 Å². The predicted octanol–water partition coefficient (Wildman–Crippen LogP) is 2.04. The minimum atomic E-state index is -0.466. The third-order valence-corrected chi connectivity index (χ3v) is 7.12. The standard InChI is InChI=1S/C25H35N5O3/c1-5-27-11-13-28(14-12-27)21(31)9-10-29-16-20-22(24(29)32)23(26-25(33)30(20)6-2)19-8-7-17(3)15-18(19)4/h7-8,15,23H,5-6,9-14,16H2,1-4H3,(H,26,33). The monoisotopic (exact) mass is 453 g/mol. The first-order valence-electron chi connectivity index (χ1n) is 12.0. The van der Waals surface area contributed by atoms with Gasteiger partial charge in [0.05, 0.1) is 23.9 Å². The Hall–Kier alpha value is -2.87. The van der Waals surface area contributed by atoms with Crippen molar-refractivity contribution in [2.45, 2.75) is 40.2 Å². The third kappa shape index (κ3) is 4.49. The zero-order valence-electron chi connectivity index (χ0n) is 20.2. The lowest BCUT2D eigenvalue weighted by Gasteiger charge is -2.34. The highest BCUT2D eigenvalue weighted by atomic mass is 16.2. The second kappa shape index (κ2) is 9.55. The Bertz CT molecular complexity index is 980. The second-order valence-electron chi connectivity index (χ2n) is 9.14. The molecule has 1 unspecified atom stereocenters. The highest BCUT2D eigenvalue weighted by Crippen LogP contribution is 2.37. The summed E-state index contributed by atoms with van der Waals surface area (Å²) in [7, 11) is 0. The van der Waals surface area contributed by atoms with E-state index in [0.29, 0.717) is 31.6 Å². The van der Waals surface area contributed by atoms with Crippen molar-refractivity contribution in [3.63, 3.8) is 0 Å². The van der Waals surface area contributed by atoms with Crippen LogP contribution in [0.3, 0.4) is 0 Å². The molecule has 3 aliphatic rings. The van der Waals surface area contributed by atoms with E-state index >= 15 is 0 Å². The number of nitrogens with zero attached hydrogens (tertiary/aromatic N) is 4. The van der Waals surface area contributed by atoms with Crippen LogP contribution in [0, 0.1) is 13.8 Å². The van der Waals surface area contributed by atoms with E-state index in [1.54, 1.807) is 9.80 Å². The van der Waals surface area contributed by atoms with Crippen LogP contribution in [-0.4, -0.2) is 89.8 Å². The van der Waals surface area contributed by atoms with Crippen LogP contribution in [0.4, 0.5) is 4.79 Å². The Balaban J connectivity index is 1.49. The van der Waals surface area contributed by atoms with E-state index in [1.165, 1.54) is 0 Å². The van der Waals surface area contributed by atoms with Crippen LogP contribution in [0.15, 0.2) is 29.5 Å². The molecular formula is C25H35N5O3. The number of carbonyl (C=O) groups is 3. The summed E-state index contributed by atoms with van der Waals surface area (Å²) in [6.07, 6.45) is 0.306. The summed E-state index contributed by atoms with van der Waals surface area (Å²) in [5.41, 5.74) is 4.52. The van der Waals surface area contributed by atoms with Crippen molar-refractivity contribution in [1.82, 2.24) is 24.9 Å². The number of urea groups is 1. The molecule has 8 nitrogen and oxygen atoms in total. The molecule has 0 bridgehead atoms. The molecule has 3 aliphatic heterocycles. The van der Waals surface area contributed by atoms with Gasteiger partial charge in [-0.3, -0.25) is 14.5 Å². The SMILES string of the molecule is CCN1CCN(C(=O)CCN2CC3=C(C2=O)C(c2ccc(C)cc2C)NC(=O)N3CC)CC1. The van der Waals surface area contributed by atoms with E-state index in [2.05, 4.69) is 23.2 Å². The number of hydrogen-bond donors (Lipinski definition) is 1. The van der Waals surface area contributed by atoms with E-state index in [9.17, 15) is 14.4 Å². The zero-order valence-corrected chi connectivity index (χ0v) is 20.2. The molecule has 1 aromatic carbocycles. The molecule has 0 saturated carbocycles. The first-order chi connectivity index (χ1) is 15.8. The lowest BCUT2D eigenvalue weighted by atomic mass is 9.91. The molecule has 1 aromatic rings. The summed E-state index contributed by atoms with van der Waals surface area (Å²) >= 11 is 0. The van der Waals surface area contributed by atoms with Crippen molar-refractivity contribution >= 4 is 17.8 Å². The number of benzene rings is 1. The van der Waals surface area contributed by atoms with Crippen LogP contribution in [0.5, 0.6) is 0 Å². The van der Waals surface area contributed by atoms with Crippen molar-refractivity contribution in [2.75, 3.05) is 52.4 Å². The molecule has 0 aliphatic carbocycles. The van der Waals surface area contributed by atoms with Crippen molar-refractivity contribution < 1.29 is 14.4 Å². The zero-order chi connectivity index (χ0) is 23.7. The van der Waals surface area contributed by atoms with Gasteiger partial charge < -0.3 is 20.0 Å². The van der Waals surface area contributed by atoms with E-state index in [-0.39, 0.29) is 17.8 Å². The number of aryl methyl sites for hydroxylation is 2. The van der Waals surface area contributed by atoms with Gasteiger partial charge in [-0.25, -0.2) is 4.79 Å². The summed E-state index contributed by atoms with van der Waals surface area (Å²) in [5, 5.41) is 3.04. The first-order valence-corrected chi connectivity index (χ1v) is 12.0. The molecule has 0 spiro atoms. The van der Waals surface area contributed by atoms with Gasteiger partial charge >= 0.3 is 6.03 Å². The largest absolute Gasteiger partial charge is 0.340 e. The summed E-state index contributed by atoms with van der Waals surface area (Å²) in [6, 6.07) is 5.43. The number of rotatable bonds is 6. The molecule has 0 radical (unpaired) electrons. The lowest BCUT2D eigenvalue weighted by molar-refractivity contribution is -0.134. The molecule has 4 rings (SSSR count). The van der Waals surface area contributed by atoms with Gasteiger partial charge in [-0.1, -0.05) is 30.7 Å². The molecule has 4 amide bonds. The van der Waals surface area contributed by atoms with Gasteiger partial charge in [0.2, 0.25) is 5.91 Å². The number of likely N-dealkylation sites (N-methyl/N-ethyl adjacent to an activating group) is 2. The fraction of sp³-hybridized carbons (Fsp3) is 0.560. The maximum Gasteiger partial charge on any atom is 0.322 e. The predicted molar refractivity (Wildman–Crippen MR) is 126 cm³/mol. The normalized spacial score (nSPS) is 21.6. The molecular weight excluding hydrogens is 418 g/mol. The quantitative estimate of drug-likeness (QED) is 0.715. The molecule has 1 saturated heterocycles. The van der Waals surface area contributed by atoms with Crippen LogP contribution in [0.2, 0.25) is 0 Å². The van der Waals surface area contributed by atoms with Gasteiger partial charge in [-0.15, -0.1) is 0 Å². The van der Waals surface area contributed by atoms with E-state index in [0.717, 1.165) is 55.1 Å². The van der Waals surface area contributed by atoms with E-state index in [4.69, 9.17) is 0 Å². The smallest absolute Gasteiger partial charge is 0.322 e. The third-order valence-electron chi connectivity index (χ3n) is 7.12. The fourth-order valence-corrected chi connectivity index (χ4v) is 5.15. The van der Waals surface area contributed by atoms with E-state index in [1.807, 2.05) is 37.8 Å². The summed E-state index contributed by atoms with van der Waals surface area (Å²) < 4.78 is 0. The molecule has 178 valence electrons. The molecule has 33 heavy (non-hydrogen) atoms. The van der Waals surface area contributed by atoms with E-state index < -0.39 is 6.04 Å². The highest BCUT2D eigenvalue weighted by molar-refractivity contribution is 6.01. The Morgan fingerprint density at radius 3 is 2.42 bits per heavy atom. The van der Waals surface area contributed by atoms with Crippen molar-refractivity contribution in [3.05, 3.63) is 46.2 Å². The minimum absolute atomic E-state index is 0.0861. The average Bonchev–Trinajstić information content (AvgIpc) is 3.13. The van der Waals surface area contributed by atoms with Crippen LogP contribution in [0.1, 0.15) is 43.0 Å². The van der Waals surface area contributed by atoms with Crippen molar-refractivity contribution in [2.24, 2.45) is 0 Å². The molecule has 1 atom stereocenters. The highest BCUT2D eigenvalue weighted by Gasteiger charge is 2.44. The maximum atomic E-state index is 13.5. The Kier molecular flexibility index (Phi) is 6.74. The second-order valence-corrected chi connectivity index (χ2v) is 9.14. The molecule has 0 aromatic heterocycles. The van der Waals surface area contributed by atoms with Crippen LogP contribution >= 0.6 is 0 Å².